The predicted octanol–water partition coefficient (Wildman–Crippen LogP) is 2.14. The lowest BCUT2D eigenvalue weighted by atomic mass is 9.99. The van der Waals surface area contributed by atoms with Crippen LogP contribution in [0, 0.1) is 11.8 Å². The summed E-state index contributed by atoms with van der Waals surface area (Å²) in [5, 5.41) is 27.2. The van der Waals surface area contributed by atoms with E-state index in [9.17, 15) is 29.4 Å². The Hall–Kier alpha value is -3.92. The maximum Gasteiger partial charge on any atom is 0.326 e. The van der Waals surface area contributed by atoms with Crippen molar-refractivity contribution in [3.8, 4) is 5.75 Å². The van der Waals surface area contributed by atoms with Gasteiger partial charge in [-0.3, -0.25) is 14.4 Å². The number of benzene rings is 2. The molecule has 2 aromatic carbocycles. The van der Waals surface area contributed by atoms with Gasteiger partial charge in [0.25, 0.3) is 0 Å². The maximum absolute atomic E-state index is 13.3. The van der Waals surface area contributed by atoms with Gasteiger partial charge in [0.1, 0.15) is 23.9 Å². The van der Waals surface area contributed by atoms with E-state index in [1.807, 2.05) is 58.0 Å². The van der Waals surface area contributed by atoms with Gasteiger partial charge in [-0.1, -0.05) is 70.2 Å². The van der Waals surface area contributed by atoms with Crippen LogP contribution in [0.1, 0.15) is 51.7 Å². The number of aliphatic carboxylic acids is 1. The van der Waals surface area contributed by atoms with Gasteiger partial charge in [-0.15, -0.1) is 0 Å². The summed E-state index contributed by atoms with van der Waals surface area (Å²) in [5.74, 6) is -2.77. The van der Waals surface area contributed by atoms with Crippen LogP contribution >= 0.6 is 0 Å². The summed E-state index contributed by atoms with van der Waals surface area (Å²) >= 11 is 0. The molecular formula is C30H42N4O6. The van der Waals surface area contributed by atoms with Crippen LogP contribution in [0.15, 0.2) is 54.6 Å². The molecule has 0 aromatic heterocycles. The molecule has 218 valence electrons. The van der Waals surface area contributed by atoms with E-state index in [0.29, 0.717) is 18.4 Å². The smallest absolute Gasteiger partial charge is 0.326 e. The van der Waals surface area contributed by atoms with Gasteiger partial charge in [0.2, 0.25) is 17.7 Å². The second kappa shape index (κ2) is 15.6. The number of carboxylic acids is 1. The molecule has 2 aromatic rings. The average Bonchev–Trinajstić information content (AvgIpc) is 2.88. The lowest BCUT2D eigenvalue weighted by molar-refractivity contribution is -0.142. The fraction of sp³-hybridized carbons (Fsp3) is 0.467. The first-order valence-electron chi connectivity index (χ1n) is 13.6. The highest BCUT2D eigenvalue weighted by atomic mass is 16.4. The second-order valence-corrected chi connectivity index (χ2v) is 10.9. The third-order valence-electron chi connectivity index (χ3n) is 6.31. The highest BCUT2D eigenvalue weighted by Gasteiger charge is 2.31. The molecule has 0 aliphatic rings. The van der Waals surface area contributed by atoms with E-state index >= 15 is 0 Å². The van der Waals surface area contributed by atoms with Crippen LogP contribution in [0.5, 0.6) is 5.75 Å². The topological polar surface area (TPSA) is 171 Å². The number of phenolic OH excluding ortho intramolecular Hbond substituents is 1. The Morgan fingerprint density at radius 3 is 1.60 bits per heavy atom. The molecule has 2 rings (SSSR count). The van der Waals surface area contributed by atoms with Crippen LogP contribution in [0.25, 0.3) is 0 Å². The number of carbonyl (C=O) groups is 4. The minimum atomic E-state index is -1.24. The molecule has 3 amide bonds. The predicted molar refractivity (Wildman–Crippen MR) is 152 cm³/mol. The molecule has 0 aliphatic heterocycles. The summed E-state index contributed by atoms with van der Waals surface area (Å²) in [6.07, 6.45) is 0.886. The van der Waals surface area contributed by atoms with Gasteiger partial charge >= 0.3 is 5.97 Å². The van der Waals surface area contributed by atoms with Crippen molar-refractivity contribution in [2.24, 2.45) is 17.6 Å². The summed E-state index contributed by atoms with van der Waals surface area (Å²) in [7, 11) is 0. The number of rotatable bonds is 15. The summed E-state index contributed by atoms with van der Waals surface area (Å²) in [4.78, 5) is 51.4. The third kappa shape index (κ3) is 11.1. The first-order chi connectivity index (χ1) is 18.8. The van der Waals surface area contributed by atoms with Crippen molar-refractivity contribution in [1.82, 2.24) is 16.0 Å². The van der Waals surface area contributed by atoms with Crippen molar-refractivity contribution in [3.05, 3.63) is 65.7 Å². The highest BCUT2D eigenvalue weighted by Crippen LogP contribution is 2.13. The minimum absolute atomic E-state index is 0.00493. The molecule has 4 atom stereocenters. The molecule has 10 heteroatoms. The normalized spacial score (nSPS) is 14.2. The molecule has 7 N–H and O–H groups in total. The monoisotopic (exact) mass is 554 g/mol. The van der Waals surface area contributed by atoms with E-state index in [1.54, 1.807) is 12.1 Å². The number of phenols is 1. The number of nitrogens with one attached hydrogen (secondary N) is 3. The molecule has 40 heavy (non-hydrogen) atoms. The summed E-state index contributed by atoms with van der Waals surface area (Å²) in [6, 6.07) is 11.3. The van der Waals surface area contributed by atoms with Crippen LogP contribution in [-0.2, 0) is 32.0 Å². The van der Waals surface area contributed by atoms with E-state index in [-0.39, 0.29) is 30.4 Å². The average molecular weight is 555 g/mol. The van der Waals surface area contributed by atoms with Gasteiger partial charge in [0.15, 0.2) is 0 Å². The maximum atomic E-state index is 13.3. The van der Waals surface area contributed by atoms with Crippen molar-refractivity contribution >= 4 is 23.7 Å². The number of nitrogens with two attached hydrogens (primary N) is 1. The standard InChI is InChI=1S/C30H42N4O6/c1-18(2)14-24(32-27(36)23(31)16-20-8-6-5-7-9-20)28(37)33-25(15-19(3)4)29(38)34-26(30(39)40)17-21-10-12-22(35)13-11-21/h5-13,18-19,23-26,35H,14-17,31H2,1-4H3,(H,32,36)(H,33,37)(H,34,38)(H,39,40)/t23-,24-,25-,26-/m0/s1. The van der Waals surface area contributed by atoms with Gasteiger partial charge in [-0.05, 0) is 54.4 Å². The SMILES string of the molecule is CC(C)C[C@H](NC(=O)[C@H](CC(C)C)NC(=O)[C@@H](N)Cc1ccccc1)C(=O)N[C@@H](Cc1ccc(O)cc1)C(=O)O. The molecule has 0 unspecified atom stereocenters. The quantitative estimate of drug-likeness (QED) is 0.196. The van der Waals surface area contributed by atoms with E-state index in [2.05, 4.69) is 16.0 Å². The first-order valence-corrected chi connectivity index (χ1v) is 13.6. The Labute approximate surface area is 235 Å². The summed E-state index contributed by atoms with van der Waals surface area (Å²) in [5.41, 5.74) is 7.63. The molecule has 0 saturated heterocycles. The van der Waals surface area contributed by atoms with Crippen molar-refractivity contribution in [3.63, 3.8) is 0 Å². The van der Waals surface area contributed by atoms with Gasteiger partial charge in [-0.25, -0.2) is 4.79 Å². The van der Waals surface area contributed by atoms with Crippen LogP contribution < -0.4 is 21.7 Å². The fourth-order valence-corrected chi connectivity index (χ4v) is 4.26. The van der Waals surface area contributed by atoms with Gasteiger partial charge in [0.05, 0.1) is 6.04 Å². The Balaban J connectivity index is 2.13. The number of carbonyl (C=O) groups excluding carboxylic acids is 3. The van der Waals surface area contributed by atoms with E-state index in [1.165, 1.54) is 12.1 Å². The van der Waals surface area contributed by atoms with E-state index in [4.69, 9.17) is 5.73 Å². The van der Waals surface area contributed by atoms with Gasteiger partial charge < -0.3 is 31.9 Å². The number of hydrogen-bond acceptors (Lipinski definition) is 6. The fourth-order valence-electron chi connectivity index (χ4n) is 4.26. The number of aromatic hydroxyl groups is 1. The molecule has 0 bridgehead atoms. The molecule has 0 fully saturated rings. The van der Waals surface area contributed by atoms with Gasteiger partial charge in [0, 0.05) is 6.42 Å². The minimum Gasteiger partial charge on any atom is -0.508 e. The molecule has 0 radical (unpaired) electrons. The number of hydrogen-bond donors (Lipinski definition) is 6. The number of amides is 3. The lowest BCUT2D eigenvalue weighted by Gasteiger charge is -2.27. The Morgan fingerprint density at radius 1 is 0.675 bits per heavy atom. The van der Waals surface area contributed by atoms with Crippen molar-refractivity contribution < 1.29 is 29.4 Å². The summed E-state index contributed by atoms with van der Waals surface area (Å²) in [6.45, 7) is 7.59. The molecule has 0 aliphatic carbocycles. The first kappa shape index (κ1) is 32.3. The van der Waals surface area contributed by atoms with Crippen molar-refractivity contribution in [1.29, 1.82) is 0 Å². The Morgan fingerprint density at radius 2 is 1.12 bits per heavy atom. The van der Waals surface area contributed by atoms with Crippen molar-refractivity contribution in [2.45, 2.75) is 77.5 Å². The third-order valence-corrected chi connectivity index (χ3v) is 6.31. The Bertz CT molecular complexity index is 1120. The number of carboxylic acid groups (broad SMARTS) is 1. The molecular weight excluding hydrogens is 512 g/mol. The zero-order chi connectivity index (χ0) is 29.8. The van der Waals surface area contributed by atoms with E-state index < -0.39 is 47.9 Å². The molecule has 0 heterocycles. The van der Waals surface area contributed by atoms with Gasteiger partial charge in [-0.2, -0.15) is 0 Å². The lowest BCUT2D eigenvalue weighted by Crippen LogP contribution is -2.57. The van der Waals surface area contributed by atoms with Crippen molar-refractivity contribution in [2.75, 3.05) is 0 Å². The highest BCUT2D eigenvalue weighted by molar-refractivity contribution is 5.94. The van der Waals surface area contributed by atoms with Crippen LogP contribution in [0.4, 0.5) is 0 Å². The summed E-state index contributed by atoms with van der Waals surface area (Å²) < 4.78 is 0. The molecule has 0 saturated carbocycles. The zero-order valence-corrected chi connectivity index (χ0v) is 23.6. The molecule has 10 nitrogen and oxygen atoms in total. The van der Waals surface area contributed by atoms with Crippen LogP contribution in [0.3, 0.4) is 0 Å². The Kier molecular flexibility index (Phi) is 12.6. The second-order valence-electron chi connectivity index (χ2n) is 10.9. The largest absolute Gasteiger partial charge is 0.508 e. The molecule has 0 spiro atoms. The van der Waals surface area contributed by atoms with Crippen LogP contribution in [0.2, 0.25) is 0 Å². The zero-order valence-electron chi connectivity index (χ0n) is 23.6. The van der Waals surface area contributed by atoms with Crippen LogP contribution in [-0.4, -0.2) is 58.1 Å². The van der Waals surface area contributed by atoms with E-state index in [0.717, 1.165) is 5.56 Å².